The SMILES string of the molecule is O=C(CC(F)(F)F)Nc1ccc(Cl)cc1. The Balaban J connectivity index is 2.55. The molecule has 0 saturated carbocycles. The molecule has 1 aromatic rings. The van der Waals surface area contributed by atoms with Gasteiger partial charge in [0, 0.05) is 10.7 Å². The largest absolute Gasteiger partial charge is 0.397 e. The van der Waals surface area contributed by atoms with Gasteiger partial charge in [-0.1, -0.05) is 11.6 Å². The van der Waals surface area contributed by atoms with Gasteiger partial charge >= 0.3 is 6.18 Å². The van der Waals surface area contributed by atoms with E-state index in [9.17, 15) is 18.0 Å². The van der Waals surface area contributed by atoms with E-state index in [1.54, 1.807) is 0 Å². The van der Waals surface area contributed by atoms with Gasteiger partial charge in [0.2, 0.25) is 5.91 Å². The molecule has 0 heterocycles. The summed E-state index contributed by atoms with van der Waals surface area (Å²) in [4.78, 5) is 10.8. The molecule has 0 saturated heterocycles. The third-order valence-electron chi connectivity index (χ3n) is 1.49. The Hall–Kier alpha value is -1.23. The van der Waals surface area contributed by atoms with Crippen LogP contribution in [0.5, 0.6) is 0 Å². The Morgan fingerprint density at radius 3 is 2.27 bits per heavy atom. The first-order valence-electron chi connectivity index (χ1n) is 3.99. The van der Waals surface area contributed by atoms with Crippen molar-refractivity contribution in [2.75, 3.05) is 5.32 Å². The first kappa shape index (κ1) is 11.8. The molecule has 1 rings (SSSR count). The smallest absolute Gasteiger partial charge is 0.326 e. The Morgan fingerprint density at radius 2 is 1.80 bits per heavy atom. The van der Waals surface area contributed by atoms with Crippen molar-refractivity contribution in [3.05, 3.63) is 29.3 Å². The standard InChI is InChI=1S/C9H7ClF3NO/c10-6-1-3-7(4-2-6)14-8(15)5-9(11,12)13/h1-4H,5H2,(H,14,15). The van der Waals surface area contributed by atoms with Gasteiger partial charge in [0.05, 0.1) is 0 Å². The fraction of sp³-hybridized carbons (Fsp3) is 0.222. The molecule has 1 amide bonds. The van der Waals surface area contributed by atoms with Crippen molar-refractivity contribution < 1.29 is 18.0 Å². The average molecular weight is 238 g/mol. The molecule has 6 heteroatoms. The lowest BCUT2D eigenvalue weighted by atomic mass is 10.3. The fourth-order valence-electron chi connectivity index (χ4n) is 0.920. The Kier molecular flexibility index (Phi) is 3.57. The van der Waals surface area contributed by atoms with Gasteiger partial charge < -0.3 is 5.32 Å². The van der Waals surface area contributed by atoms with Gasteiger partial charge in [0.25, 0.3) is 0 Å². The van der Waals surface area contributed by atoms with Crippen molar-refractivity contribution in [3.8, 4) is 0 Å². The predicted octanol–water partition coefficient (Wildman–Crippen LogP) is 3.23. The number of hydrogen-bond donors (Lipinski definition) is 1. The molecule has 0 spiro atoms. The molecule has 0 radical (unpaired) electrons. The lowest BCUT2D eigenvalue weighted by Gasteiger charge is -2.07. The molecule has 0 aliphatic heterocycles. The van der Waals surface area contributed by atoms with Crippen LogP contribution in [0.15, 0.2) is 24.3 Å². The number of nitrogens with one attached hydrogen (secondary N) is 1. The van der Waals surface area contributed by atoms with Crippen LogP contribution in [0.2, 0.25) is 5.02 Å². The molecule has 0 aromatic heterocycles. The second kappa shape index (κ2) is 4.53. The van der Waals surface area contributed by atoms with E-state index < -0.39 is 18.5 Å². The first-order valence-corrected chi connectivity index (χ1v) is 4.37. The normalized spacial score (nSPS) is 11.2. The van der Waals surface area contributed by atoms with Crippen molar-refractivity contribution >= 4 is 23.2 Å². The third-order valence-corrected chi connectivity index (χ3v) is 1.74. The maximum Gasteiger partial charge on any atom is 0.397 e. The van der Waals surface area contributed by atoms with E-state index in [-0.39, 0.29) is 5.69 Å². The van der Waals surface area contributed by atoms with Crippen LogP contribution in [0.3, 0.4) is 0 Å². The first-order chi connectivity index (χ1) is 6.87. The quantitative estimate of drug-likeness (QED) is 0.841. The van der Waals surface area contributed by atoms with E-state index in [2.05, 4.69) is 5.32 Å². The molecular formula is C9H7ClF3NO. The highest BCUT2D eigenvalue weighted by Gasteiger charge is 2.31. The zero-order valence-corrected chi connectivity index (χ0v) is 8.19. The van der Waals surface area contributed by atoms with Gasteiger partial charge in [0.15, 0.2) is 0 Å². The van der Waals surface area contributed by atoms with Gasteiger partial charge in [-0.3, -0.25) is 4.79 Å². The van der Waals surface area contributed by atoms with Gasteiger partial charge in [-0.25, -0.2) is 0 Å². The Bertz CT molecular complexity index is 347. The zero-order chi connectivity index (χ0) is 11.5. The van der Waals surface area contributed by atoms with E-state index >= 15 is 0 Å². The molecule has 0 fully saturated rings. The minimum atomic E-state index is -4.49. The molecule has 1 N–H and O–H groups in total. The molecule has 0 unspecified atom stereocenters. The summed E-state index contributed by atoms with van der Waals surface area (Å²) in [6.07, 6.45) is -5.98. The van der Waals surface area contributed by atoms with E-state index in [0.717, 1.165) is 0 Å². The number of rotatable bonds is 2. The lowest BCUT2D eigenvalue weighted by molar-refractivity contribution is -0.150. The molecule has 2 nitrogen and oxygen atoms in total. The summed E-state index contributed by atoms with van der Waals surface area (Å²) < 4.78 is 35.4. The number of amides is 1. The zero-order valence-electron chi connectivity index (χ0n) is 7.44. The van der Waals surface area contributed by atoms with Gasteiger partial charge in [-0.05, 0) is 24.3 Å². The van der Waals surface area contributed by atoms with Crippen LogP contribution in [-0.4, -0.2) is 12.1 Å². The summed E-state index contributed by atoms with van der Waals surface area (Å²) in [5, 5.41) is 2.56. The minimum absolute atomic E-state index is 0.286. The highest BCUT2D eigenvalue weighted by atomic mass is 35.5. The van der Waals surface area contributed by atoms with Crippen LogP contribution in [0, 0.1) is 0 Å². The van der Waals surface area contributed by atoms with Crippen molar-refractivity contribution in [1.82, 2.24) is 0 Å². The van der Waals surface area contributed by atoms with Gasteiger partial charge in [0.1, 0.15) is 6.42 Å². The fourth-order valence-corrected chi connectivity index (χ4v) is 1.05. The van der Waals surface area contributed by atoms with Gasteiger partial charge in [-0.2, -0.15) is 13.2 Å². The van der Waals surface area contributed by atoms with Crippen molar-refractivity contribution in [1.29, 1.82) is 0 Å². The number of carbonyl (C=O) groups is 1. The second-order valence-electron chi connectivity index (χ2n) is 2.85. The Labute approximate surface area is 89.0 Å². The van der Waals surface area contributed by atoms with Crippen LogP contribution in [0.4, 0.5) is 18.9 Å². The number of halogens is 4. The summed E-state index contributed by atoms with van der Waals surface area (Å²) in [6.45, 7) is 0. The molecule has 0 aliphatic rings. The van der Waals surface area contributed by atoms with Crippen LogP contribution in [-0.2, 0) is 4.79 Å². The number of anilines is 1. The summed E-state index contributed by atoms with van der Waals surface area (Å²) in [5.41, 5.74) is 0.286. The number of carbonyl (C=O) groups excluding carboxylic acids is 1. The van der Waals surface area contributed by atoms with Crippen LogP contribution < -0.4 is 5.32 Å². The molecule has 0 bridgehead atoms. The van der Waals surface area contributed by atoms with E-state index in [1.807, 2.05) is 0 Å². The molecular weight excluding hydrogens is 231 g/mol. The Morgan fingerprint density at radius 1 is 1.27 bits per heavy atom. The molecule has 15 heavy (non-hydrogen) atoms. The van der Waals surface area contributed by atoms with Crippen molar-refractivity contribution in [2.24, 2.45) is 0 Å². The molecule has 82 valence electrons. The van der Waals surface area contributed by atoms with Gasteiger partial charge in [-0.15, -0.1) is 0 Å². The van der Waals surface area contributed by atoms with E-state index in [1.165, 1.54) is 24.3 Å². The summed E-state index contributed by atoms with van der Waals surface area (Å²) in [5.74, 6) is -1.09. The monoisotopic (exact) mass is 237 g/mol. The van der Waals surface area contributed by atoms with Crippen molar-refractivity contribution in [3.63, 3.8) is 0 Å². The van der Waals surface area contributed by atoms with Crippen LogP contribution >= 0.6 is 11.6 Å². The number of hydrogen-bond acceptors (Lipinski definition) is 1. The molecule has 1 aromatic carbocycles. The van der Waals surface area contributed by atoms with E-state index in [4.69, 9.17) is 11.6 Å². The van der Waals surface area contributed by atoms with Crippen LogP contribution in [0.1, 0.15) is 6.42 Å². The summed E-state index contributed by atoms with van der Waals surface area (Å²) in [6, 6.07) is 5.81. The number of alkyl halides is 3. The maximum atomic E-state index is 11.8. The second-order valence-corrected chi connectivity index (χ2v) is 3.28. The molecule has 0 atom stereocenters. The average Bonchev–Trinajstić information content (AvgIpc) is 2.05. The highest BCUT2D eigenvalue weighted by Crippen LogP contribution is 2.20. The molecule has 0 aliphatic carbocycles. The third kappa shape index (κ3) is 4.69. The summed E-state index contributed by atoms with van der Waals surface area (Å²) in [7, 11) is 0. The number of benzene rings is 1. The van der Waals surface area contributed by atoms with Crippen LogP contribution in [0.25, 0.3) is 0 Å². The maximum absolute atomic E-state index is 11.8. The topological polar surface area (TPSA) is 29.1 Å². The lowest BCUT2D eigenvalue weighted by Crippen LogP contribution is -2.21. The summed E-state index contributed by atoms with van der Waals surface area (Å²) >= 11 is 5.56. The highest BCUT2D eigenvalue weighted by molar-refractivity contribution is 6.30. The minimum Gasteiger partial charge on any atom is -0.326 e. The predicted molar refractivity (Wildman–Crippen MR) is 50.8 cm³/mol. The van der Waals surface area contributed by atoms with Crippen molar-refractivity contribution in [2.45, 2.75) is 12.6 Å². The van der Waals surface area contributed by atoms with E-state index in [0.29, 0.717) is 5.02 Å².